The Morgan fingerprint density at radius 3 is 2.94 bits per heavy atom. The quantitative estimate of drug-likeness (QED) is 0.562. The van der Waals surface area contributed by atoms with E-state index in [0.29, 0.717) is 33.2 Å². The van der Waals surface area contributed by atoms with Crippen LogP contribution in [0.1, 0.15) is 35.5 Å². The molecular formula is C21H20N8O2S. The van der Waals surface area contributed by atoms with E-state index in [2.05, 4.69) is 25.7 Å². The van der Waals surface area contributed by atoms with Gasteiger partial charge >= 0.3 is 0 Å². The van der Waals surface area contributed by atoms with Gasteiger partial charge < -0.3 is 10.5 Å². The van der Waals surface area contributed by atoms with Crippen molar-refractivity contribution < 1.29 is 8.95 Å². The van der Waals surface area contributed by atoms with Crippen molar-refractivity contribution in [1.82, 2.24) is 19.1 Å². The predicted molar refractivity (Wildman–Crippen MR) is 119 cm³/mol. The molecule has 2 bridgehead atoms. The normalized spacial score (nSPS) is 21.2. The molecule has 0 amide bonds. The molecule has 1 aromatic carbocycles. The maximum Gasteiger partial charge on any atom is 0.185 e. The second-order valence-corrected chi connectivity index (χ2v) is 9.76. The predicted octanol–water partition coefficient (Wildman–Crippen LogP) is 2.90. The first-order valence-electron chi connectivity index (χ1n) is 9.87. The van der Waals surface area contributed by atoms with Gasteiger partial charge in [0.05, 0.1) is 17.1 Å². The van der Waals surface area contributed by atoms with Crippen LogP contribution in [0.3, 0.4) is 0 Å². The first kappa shape index (κ1) is 20.0. The molecule has 0 fully saturated rings. The summed E-state index contributed by atoms with van der Waals surface area (Å²) in [6.07, 6.45) is 2.53. The highest BCUT2D eigenvalue weighted by Crippen LogP contribution is 2.38. The van der Waals surface area contributed by atoms with Crippen LogP contribution < -0.4 is 10.5 Å². The summed E-state index contributed by atoms with van der Waals surface area (Å²) in [6, 6.07) is 9.56. The van der Waals surface area contributed by atoms with Crippen molar-refractivity contribution in [1.29, 1.82) is 5.26 Å². The lowest BCUT2D eigenvalue weighted by atomic mass is 10.0. The fourth-order valence-electron chi connectivity index (χ4n) is 3.99. The Morgan fingerprint density at radius 1 is 1.34 bits per heavy atom. The summed E-state index contributed by atoms with van der Waals surface area (Å²) in [7, 11) is -1.41. The number of aromatic nitrogens is 3. The number of nitrogen functional groups attached to an aromatic ring is 1. The van der Waals surface area contributed by atoms with Gasteiger partial charge in [0.25, 0.3) is 0 Å². The Balaban J connectivity index is 1.82. The Bertz CT molecular complexity index is 1460. The van der Waals surface area contributed by atoms with Crippen LogP contribution in [0.4, 0.5) is 5.82 Å². The van der Waals surface area contributed by atoms with Gasteiger partial charge in [0.2, 0.25) is 0 Å². The minimum absolute atomic E-state index is 0.138. The average Bonchev–Trinajstić information content (AvgIpc) is 3.28. The summed E-state index contributed by atoms with van der Waals surface area (Å²) >= 11 is 0. The summed E-state index contributed by atoms with van der Waals surface area (Å²) in [6.45, 7) is 3.95. The third-order valence-electron chi connectivity index (χ3n) is 5.55. The number of hydrogen-bond donors (Lipinski definition) is 1. The van der Waals surface area contributed by atoms with Crippen molar-refractivity contribution in [3.8, 4) is 22.9 Å². The molecule has 2 aromatic heterocycles. The van der Waals surface area contributed by atoms with E-state index in [1.165, 1.54) is 11.0 Å². The van der Waals surface area contributed by atoms with Crippen LogP contribution in [-0.4, -0.2) is 29.6 Å². The molecule has 0 spiro atoms. The monoisotopic (exact) mass is 448 g/mol. The third-order valence-corrected chi connectivity index (χ3v) is 7.67. The minimum Gasteiger partial charge on any atom is -0.482 e. The third kappa shape index (κ3) is 2.91. The van der Waals surface area contributed by atoms with Crippen molar-refractivity contribution in [2.45, 2.75) is 31.4 Å². The van der Waals surface area contributed by atoms with E-state index < -0.39 is 16.0 Å². The Kier molecular flexibility index (Phi) is 4.42. The maximum atomic E-state index is 14.2. The standard InChI is InChI=1S/C21H20N8O2S/c1-12-4-5-19-15(6-12)13(2)31-18-7-14(9-24-21(18)23)20-16(26-28(3)17(20)8-22)10-29-11-25-27-32(19,29)30/h4-7,9,11,13H,10H2,1-3H3,(H2,23,24)/t13-,32?/m1/s1. The van der Waals surface area contributed by atoms with Crippen molar-refractivity contribution in [2.75, 3.05) is 5.73 Å². The minimum atomic E-state index is -3.10. The highest BCUT2D eigenvalue weighted by molar-refractivity contribution is 7.92. The summed E-state index contributed by atoms with van der Waals surface area (Å²) in [4.78, 5) is 4.80. The summed E-state index contributed by atoms with van der Waals surface area (Å²) in [5, 5.41) is 18.3. The highest BCUT2D eigenvalue weighted by atomic mass is 32.2. The van der Waals surface area contributed by atoms with Crippen LogP contribution >= 0.6 is 0 Å². The molecule has 10 nitrogen and oxygen atoms in total. The van der Waals surface area contributed by atoms with Gasteiger partial charge in [-0.2, -0.15) is 10.4 Å². The number of benzene rings is 1. The van der Waals surface area contributed by atoms with Gasteiger partial charge in [-0.25, -0.2) is 9.19 Å². The van der Waals surface area contributed by atoms with E-state index in [4.69, 9.17) is 10.5 Å². The van der Waals surface area contributed by atoms with E-state index in [-0.39, 0.29) is 12.4 Å². The molecule has 11 heteroatoms. The lowest BCUT2D eigenvalue weighted by molar-refractivity contribution is 0.224. The molecule has 0 aliphatic carbocycles. The van der Waals surface area contributed by atoms with Crippen molar-refractivity contribution in [3.05, 3.63) is 53.0 Å². The number of ether oxygens (including phenoxy) is 1. The molecule has 5 rings (SSSR count). The molecule has 2 aliphatic heterocycles. The Labute approximate surface area is 185 Å². The number of fused-ring (bicyclic) bond motifs is 7. The fourth-order valence-corrected chi connectivity index (χ4v) is 5.84. The van der Waals surface area contributed by atoms with Crippen LogP contribution in [0, 0.1) is 18.3 Å². The van der Waals surface area contributed by atoms with Crippen LogP contribution in [-0.2, 0) is 23.5 Å². The SMILES string of the molecule is Cc1ccc2c(c1)[C@@H](C)Oc1cc(cnc1N)-c1c(nn(C)c1C#N)CN1C=NN=S21=O. The van der Waals surface area contributed by atoms with E-state index in [0.717, 1.165) is 11.1 Å². The Morgan fingerprint density at radius 2 is 2.16 bits per heavy atom. The maximum absolute atomic E-state index is 14.2. The molecule has 162 valence electrons. The zero-order valence-electron chi connectivity index (χ0n) is 17.7. The van der Waals surface area contributed by atoms with E-state index >= 15 is 0 Å². The Hall–Kier alpha value is -3.91. The molecule has 0 saturated carbocycles. The lowest BCUT2D eigenvalue weighted by Gasteiger charge is -2.25. The van der Waals surface area contributed by atoms with Gasteiger partial charge in [0.1, 0.15) is 24.2 Å². The summed E-state index contributed by atoms with van der Waals surface area (Å²) in [5.74, 6) is 0.587. The van der Waals surface area contributed by atoms with Crippen LogP contribution in [0.15, 0.2) is 44.9 Å². The number of nitrogens with zero attached hydrogens (tertiary/aromatic N) is 7. The molecule has 4 heterocycles. The number of hydrogen-bond acceptors (Lipinski definition) is 8. The van der Waals surface area contributed by atoms with E-state index in [9.17, 15) is 9.47 Å². The number of nitriles is 1. The molecular weight excluding hydrogens is 428 g/mol. The van der Waals surface area contributed by atoms with Gasteiger partial charge in [0, 0.05) is 29.9 Å². The molecule has 0 saturated heterocycles. The van der Waals surface area contributed by atoms with Gasteiger partial charge in [-0.1, -0.05) is 22.2 Å². The molecule has 2 N–H and O–H groups in total. The van der Waals surface area contributed by atoms with Crippen LogP contribution in [0.2, 0.25) is 0 Å². The van der Waals surface area contributed by atoms with Crippen molar-refractivity contribution in [3.63, 3.8) is 0 Å². The second-order valence-electron chi connectivity index (χ2n) is 7.70. The molecule has 32 heavy (non-hydrogen) atoms. The summed E-state index contributed by atoms with van der Waals surface area (Å²) in [5.41, 5.74) is 9.91. The zero-order chi connectivity index (χ0) is 22.6. The number of anilines is 1. The highest BCUT2D eigenvalue weighted by Gasteiger charge is 2.32. The van der Waals surface area contributed by atoms with Crippen LogP contribution in [0.25, 0.3) is 11.1 Å². The topological polar surface area (TPSA) is 135 Å². The lowest BCUT2D eigenvalue weighted by Crippen LogP contribution is -2.28. The average molecular weight is 449 g/mol. The zero-order valence-corrected chi connectivity index (χ0v) is 18.5. The van der Waals surface area contributed by atoms with Gasteiger partial charge in [-0.05, 0) is 26.0 Å². The summed E-state index contributed by atoms with van der Waals surface area (Å²) < 4.78 is 27.6. The molecule has 2 atom stereocenters. The molecule has 0 radical (unpaired) electrons. The van der Waals surface area contributed by atoms with Crippen molar-refractivity contribution >= 4 is 22.1 Å². The van der Waals surface area contributed by atoms with Crippen molar-refractivity contribution in [2.24, 2.45) is 16.6 Å². The number of pyridine rings is 1. The number of nitrogens with two attached hydrogens (primary N) is 1. The van der Waals surface area contributed by atoms with E-state index in [1.54, 1.807) is 29.7 Å². The second kappa shape index (κ2) is 7.06. The van der Waals surface area contributed by atoms with Gasteiger partial charge in [-0.3, -0.25) is 8.99 Å². The number of aryl methyl sites for hydroxylation is 2. The van der Waals surface area contributed by atoms with Crippen LogP contribution in [0.5, 0.6) is 5.75 Å². The van der Waals surface area contributed by atoms with E-state index in [1.807, 2.05) is 26.0 Å². The fraction of sp³-hybridized carbons (Fsp3) is 0.238. The smallest absolute Gasteiger partial charge is 0.185 e. The largest absolute Gasteiger partial charge is 0.482 e. The molecule has 2 aliphatic rings. The first-order valence-corrected chi connectivity index (χ1v) is 11.3. The molecule has 3 aromatic rings. The van der Waals surface area contributed by atoms with Gasteiger partial charge in [-0.15, -0.1) is 5.10 Å². The first-order chi connectivity index (χ1) is 15.3. The number of rotatable bonds is 0. The van der Waals surface area contributed by atoms with Gasteiger partial charge in [0.15, 0.2) is 21.5 Å². The molecule has 1 unspecified atom stereocenters.